The summed E-state index contributed by atoms with van der Waals surface area (Å²) in [6.07, 6.45) is 1.87. The van der Waals surface area contributed by atoms with Gasteiger partial charge in [-0.15, -0.1) is 0 Å². The van der Waals surface area contributed by atoms with Crippen molar-refractivity contribution < 1.29 is 0 Å². The first-order valence-corrected chi connectivity index (χ1v) is 7.89. The number of aromatic nitrogens is 1. The first kappa shape index (κ1) is 14.1. The molecule has 0 bridgehead atoms. The topological polar surface area (TPSA) is 24.9 Å². The van der Waals surface area contributed by atoms with Gasteiger partial charge in [0, 0.05) is 9.77 Å². The number of rotatable bonds is 4. The first-order chi connectivity index (χ1) is 10.3. The Morgan fingerprint density at radius 1 is 0.762 bits per heavy atom. The standard InChI is InChI=1S/C18H15IN2/c19-16-11-12-17(20-13-16)21-18(14-7-3-1-4-8-14)15-9-5-2-6-10-15/h1-13,18H,(H,20,21). The molecule has 3 rings (SSSR count). The van der Waals surface area contributed by atoms with E-state index in [0.717, 1.165) is 9.39 Å². The highest BCUT2D eigenvalue weighted by Gasteiger charge is 2.13. The Morgan fingerprint density at radius 2 is 1.33 bits per heavy atom. The maximum atomic E-state index is 4.45. The summed E-state index contributed by atoms with van der Waals surface area (Å²) in [5.41, 5.74) is 2.45. The quantitative estimate of drug-likeness (QED) is 0.646. The van der Waals surface area contributed by atoms with Gasteiger partial charge in [0.25, 0.3) is 0 Å². The molecule has 1 heterocycles. The van der Waals surface area contributed by atoms with Crippen LogP contribution in [0.4, 0.5) is 5.82 Å². The summed E-state index contributed by atoms with van der Waals surface area (Å²) < 4.78 is 1.13. The van der Waals surface area contributed by atoms with Gasteiger partial charge in [-0.1, -0.05) is 60.7 Å². The molecule has 0 radical (unpaired) electrons. The number of nitrogens with one attached hydrogen (secondary N) is 1. The Kier molecular flexibility index (Phi) is 4.50. The Bertz CT molecular complexity index is 642. The third kappa shape index (κ3) is 3.61. The highest BCUT2D eigenvalue weighted by atomic mass is 127. The summed E-state index contributed by atoms with van der Waals surface area (Å²) >= 11 is 2.26. The first-order valence-electron chi connectivity index (χ1n) is 6.81. The minimum absolute atomic E-state index is 0.0972. The average Bonchev–Trinajstić information content (AvgIpc) is 2.56. The van der Waals surface area contributed by atoms with E-state index in [0.29, 0.717) is 0 Å². The van der Waals surface area contributed by atoms with Crippen LogP contribution in [0.2, 0.25) is 0 Å². The minimum Gasteiger partial charge on any atom is -0.359 e. The van der Waals surface area contributed by atoms with E-state index in [1.807, 2.05) is 24.4 Å². The van der Waals surface area contributed by atoms with Crippen molar-refractivity contribution in [2.45, 2.75) is 6.04 Å². The normalized spacial score (nSPS) is 10.6. The molecule has 0 atom stereocenters. The zero-order valence-electron chi connectivity index (χ0n) is 11.4. The van der Waals surface area contributed by atoms with Crippen LogP contribution < -0.4 is 5.32 Å². The second-order valence-electron chi connectivity index (χ2n) is 4.76. The Morgan fingerprint density at radius 3 is 1.81 bits per heavy atom. The lowest BCUT2D eigenvalue weighted by Gasteiger charge is -2.20. The van der Waals surface area contributed by atoms with Crippen molar-refractivity contribution >= 4 is 28.4 Å². The van der Waals surface area contributed by atoms with E-state index in [4.69, 9.17) is 0 Å². The largest absolute Gasteiger partial charge is 0.359 e. The van der Waals surface area contributed by atoms with Gasteiger partial charge in [0.1, 0.15) is 5.82 Å². The van der Waals surface area contributed by atoms with Crippen molar-refractivity contribution in [3.63, 3.8) is 0 Å². The van der Waals surface area contributed by atoms with Crippen LogP contribution in [-0.2, 0) is 0 Å². The Hall–Kier alpha value is -1.88. The van der Waals surface area contributed by atoms with Crippen LogP contribution in [0.1, 0.15) is 17.2 Å². The van der Waals surface area contributed by atoms with Crippen LogP contribution in [0.15, 0.2) is 79.0 Å². The third-order valence-electron chi connectivity index (χ3n) is 3.29. The van der Waals surface area contributed by atoms with Gasteiger partial charge >= 0.3 is 0 Å². The summed E-state index contributed by atoms with van der Waals surface area (Å²) in [6.45, 7) is 0. The molecule has 3 heteroatoms. The number of nitrogens with zero attached hydrogens (tertiary/aromatic N) is 1. The summed E-state index contributed by atoms with van der Waals surface area (Å²) in [5, 5.41) is 3.52. The Balaban J connectivity index is 1.95. The van der Waals surface area contributed by atoms with Crippen molar-refractivity contribution in [2.75, 3.05) is 5.32 Å². The smallest absolute Gasteiger partial charge is 0.126 e. The monoisotopic (exact) mass is 386 g/mol. The molecule has 0 unspecified atom stereocenters. The molecule has 0 spiro atoms. The van der Waals surface area contributed by atoms with Crippen molar-refractivity contribution in [1.29, 1.82) is 0 Å². The SMILES string of the molecule is Ic1ccc(NC(c2ccccc2)c2ccccc2)nc1. The molecule has 1 aromatic heterocycles. The van der Waals surface area contributed by atoms with E-state index in [9.17, 15) is 0 Å². The number of halogens is 1. The lowest BCUT2D eigenvalue weighted by Crippen LogP contribution is -2.13. The van der Waals surface area contributed by atoms with Crippen molar-refractivity contribution in [3.05, 3.63) is 93.7 Å². The molecule has 0 aliphatic rings. The Labute approximate surface area is 138 Å². The number of anilines is 1. The van der Waals surface area contributed by atoms with E-state index in [1.54, 1.807) is 0 Å². The maximum Gasteiger partial charge on any atom is 0.126 e. The predicted molar refractivity (Wildman–Crippen MR) is 95.3 cm³/mol. The zero-order chi connectivity index (χ0) is 14.5. The van der Waals surface area contributed by atoms with Crippen LogP contribution >= 0.6 is 22.6 Å². The molecule has 0 aliphatic heterocycles. The van der Waals surface area contributed by atoms with Crippen LogP contribution in [-0.4, -0.2) is 4.98 Å². The summed E-state index contributed by atoms with van der Waals surface area (Å²) in [4.78, 5) is 4.45. The molecule has 2 aromatic carbocycles. The van der Waals surface area contributed by atoms with E-state index >= 15 is 0 Å². The molecule has 0 aliphatic carbocycles. The van der Waals surface area contributed by atoms with Crippen LogP contribution in [0, 0.1) is 3.57 Å². The van der Waals surface area contributed by atoms with Crippen molar-refractivity contribution in [2.24, 2.45) is 0 Å². The molecule has 0 fully saturated rings. The maximum absolute atomic E-state index is 4.45. The van der Waals surface area contributed by atoms with Gasteiger partial charge in [0.2, 0.25) is 0 Å². The van der Waals surface area contributed by atoms with E-state index in [-0.39, 0.29) is 6.04 Å². The number of hydrogen-bond acceptors (Lipinski definition) is 2. The van der Waals surface area contributed by atoms with Gasteiger partial charge in [0.15, 0.2) is 0 Å². The number of benzene rings is 2. The highest BCUT2D eigenvalue weighted by Crippen LogP contribution is 2.25. The molecule has 1 N–H and O–H groups in total. The fourth-order valence-corrected chi connectivity index (χ4v) is 2.58. The third-order valence-corrected chi connectivity index (χ3v) is 3.92. The van der Waals surface area contributed by atoms with Crippen LogP contribution in [0.5, 0.6) is 0 Å². The van der Waals surface area contributed by atoms with Gasteiger partial charge < -0.3 is 5.32 Å². The van der Waals surface area contributed by atoms with E-state index in [1.165, 1.54) is 11.1 Å². The molecule has 104 valence electrons. The van der Waals surface area contributed by atoms with Crippen LogP contribution in [0.3, 0.4) is 0 Å². The number of hydrogen-bond donors (Lipinski definition) is 1. The van der Waals surface area contributed by atoms with E-state index in [2.05, 4.69) is 87.5 Å². The van der Waals surface area contributed by atoms with Gasteiger partial charge in [-0.25, -0.2) is 4.98 Å². The molecule has 0 amide bonds. The van der Waals surface area contributed by atoms with Crippen molar-refractivity contribution in [1.82, 2.24) is 4.98 Å². The van der Waals surface area contributed by atoms with Crippen molar-refractivity contribution in [3.8, 4) is 0 Å². The van der Waals surface area contributed by atoms with Crippen LogP contribution in [0.25, 0.3) is 0 Å². The fourth-order valence-electron chi connectivity index (χ4n) is 2.26. The highest BCUT2D eigenvalue weighted by molar-refractivity contribution is 14.1. The van der Waals surface area contributed by atoms with Gasteiger partial charge in [-0.05, 0) is 45.9 Å². The van der Waals surface area contributed by atoms with Gasteiger partial charge in [-0.2, -0.15) is 0 Å². The van der Waals surface area contributed by atoms with Gasteiger partial charge in [0.05, 0.1) is 6.04 Å². The molecule has 21 heavy (non-hydrogen) atoms. The molecule has 3 aromatic rings. The molecular weight excluding hydrogens is 371 g/mol. The second kappa shape index (κ2) is 6.72. The predicted octanol–water partition coefficient (Wildman–Crippen LogP) is 4.89. The van der Waals surface area contributed by atoms with E-state index < -0.39 is 0 Å². The lowest BCUT2D eigenvalue weighted by molar-refractivity contribution is 0.926. The minimum atomic E-state index is 0.0972. The number of pyridine rings is 1. The molecule has 0 saturated carbocycles. The molecule has 2 nitrogen and oxygen atoms in total. The summed E-state index contributed by atoms with van der Waals surface area (Å²) in [7, 11) is 0. The summed E-state index contributed by atoms with van der Waals surface area (Å²) in [5.74, 6) is 0.883. The molecular formula is C18H15IN2. The fraction of sp³-hybridized carbons (Fsp3) is 0.0556. The molecule has 0 saturated heterocycles. The second-order valence-corrected chi connectivity index (χ2v) is 6.01. The summed E-state index contributed by atoms with van der Waals surface area (Å²) in [6, 6.07) is 25.0. The zero-order valence-corrected chi connectivity index (χ0v) is 13.6. The average molecular weight is 386 g/mol. The lowest BCUT2D eigenvalue weighted by atomic mass is 9.99. The van der Waals surface area contributed by atoms with Gasteiger partial charge in [-0.3, -0.25) is 0 Å².